The van der Waals surface area contributed by atoms with E-state index in [1.54, 1.807) is 0 Å². The smallest absolute Gasteiger partial charge is 0.268 e. The van der Waals surface area contributed by atoms with Crippen LogP contribution in [-0.4, -0.2) is 11.8 Å². The number of imide groups is 1. The highest BCUT2D eigenvalue weighted by molar-refractivity contribution is 8.04. The van der Waals surface area contributed by atoms with Gasteiger partial charge in [-0.2, -0.15) is 0 Å². The second-order valence-electron chi connectivity index (χ2n) is 8.13. The highest BCUT2D eigenvalue weighted by Crippen LogP contribution is 2.41. The number of carbonyl (C=O) groups excluding carboxylic acids is 2. The zero-order valence-corrected chi connectivity index (χ0v) is 19.5. The maximum absolute atomic E-state index is 13.6. The van der Waals surface area contributed by atoms with Gasteiger partial charge < -0.3 is 0 Å². The SMILES string of the molecule is CCCCc1ccc(N2C(=O)C(Sc3ccccc3)=C(c3ccc(C)c(C)c3)C2=O)cc1. The highest BCUT2D eigenvalue weighted by Gasteiger charge is 2.40. The van der Waals surface area contributed by atoms with E-state index in [2.05, 4.69) is 6.92 Å². The predicted octanol–water partition coefficient (Wildman–Crippen LogP) is 6.72. The van der Waals surface area contributed by atoms with E-state index in [0.717, 1.165) is 40.8 Å². The first kappa shape index (κ1) is 22.1. The largest absolute Gasteiger partial charge is 0.272 e. The predicted molar refractivity (Wildman–Crippen MR) is 133 cm³/mol. The van der Waals surface area contributed by atoms with Gasteiger partial charge in [-0.1, -0.05) is 73.6 Å². The quantitative estimate of drug-likeness (QED) is 0.382. The summed E-state index contributed by atoms with van der Waals surface area (Å²) in [6, 6.07) is 23.5. The second-order valence-corrected chi connectivity index (χ2v) is 9.22. The number of rotatable bonds is 7. The van der Waals surface area contributed by atoms with Crippen LogP contribution in [0.1, 0.15) is 42.0 Å². The van der Waals surface area contributed by atoms with E-state index in [9.17, 15) is 9.59 Å². The Bertz CT molecular complexity index is 1180. The third-order valence-electron chi connectivity index (χ3n) is 5.81. The lowest BCUT2D eigenvalue weighted by atomic mass is 10.0. The third kappa shape index (κ3) is 4.42. The lowest BCUT2D eigenvalue weighted by molar-refractivity contribution is -0.119. The molecule has 0 fully saturated rings. The molecule has 0 aromatic heterocycles. The van der Waals surface area contributed by atoms with Gasteiger partial charge in [-0.05, 0) is 73.2 Å². The standard InChI is InChI=1S/C28H27NO2S/c1-4-5-9-21-13-16-23(17-14-21)29-27(30)25(22-15-12-19(2)20(3)18-22)26(28(29)31)32-24-10-7-6-8-11-24/h6-8,10-18H,4-5,9H2,1-3H3. The maximum atomic E-state index is 13.6. The molecule has 0 atom stereocenters. The number of aryl methyl sites for hydroxylation is 3. The average molecular weight is 442 g/mol. The van der Waals surface area contributed by atoms with E-state index < -0.39 is 0 Å². The molecule has 0 saturated carbocycles. The van der Waals surface area contributed by atoms with Crippen LogP contribution in [0.15, 0.2) is 82.6 Å². The molecule has 2 amide bonds. The molecule has 4 rings (SSSR count). The van der Waals surface area contributed by atoms with Crippen molar-refractivity contribution in [3.05, 3.63) is 100.0 Å². The first-order valence-corrected chi connectivity index (χ1v) is 11.8. The number of thioether (sulfide) groups is 1. The molecule has 1 aliphatic rings. The van der Waals surface area contributed by atoms with Gasteiger partial charge in [-0.3, -0.25) is 9.59 Å². The average Bonchev–Trinajstić information content (AvgIpc) is 3.04. The van der Waals surface area contributed by atoms with Gasteiger partial charge in [0.05, 0.1) is 16.2 Å². The minimum atomic E-state index is -0.266. The summed E-state index contributed by atoms with van der Waals surface area (Å²) in [4.78, 5) is 29.9. The van der Waals surface area contributed by atoms with Gasteiger partial charge >= 0.3 is 0 Å². The third-order valence-corrected chi connectivity index (χ3v) is 6.90. The maximum Gasteiger partial charge on any atom is 0.272 e. The van der Waals surface area contributed by atoms with Gasteiger partial charge in [0.15, 0.2) is 0 Å². The summed E-state index contributed by atoms with van der Waals surface area (Å²) >= 11 is 1.36. The highest BCUT2D eigenvalue weighted by atomic mass is 32.2. The first-order valence-electron chi connectivity index (χ1n) is 11.0. The van der Waals surface area contributed by atoms with Gasteiger partial charge in [-0.25, -0.2) is 4.90 Å². The number of anilines is 1. The van der Waals surface area contributed by atoms with Crippen molar-refractivity contribution in [2.75, 3.05) is 4.90 Å². The molecule has 0 unspecified atom stereocenters. The van der Waals surface area contributed by atoms with Crippen molar-refractivity contribution in [3.63, 3.8) is 0 Å². The van der Waals surface area contributed by atoms with Gasteiger partial charge in [0.25, 0.3) is 11.8 Å². The van der Waals surface area contributed by atoms with Crippen molar-refractivity contribution in [1.29, 1.82) is 0 Å². The summed E-state index contributed by atoms with van der Waals surface area (Å²) < 4.78 is 0. The lowest BCUT2D eigenvalue weighted by Gasteiger charge is -2.16. The molecule has 4 heteroatoms. The zero-order valence-electron chi connectivity index (χ0n) is 18.7. The van der Waals surface area contributed by atoms with Crippen LogP contribution in [0.3, 0.4) is 0 Å². The molecule has 162 valence electrons. The Hall–Kier alpha value is -3.11. The Morgan fingerprint density at radius 3 is 2.19 bits per heavy atom. The molecule has 0 saturated heterocycles. The van der Waals surface area contributed by atoms with Crippen LogP contribution >= 0.6 is 11.8 Å². The van der Waals surface area contributed by atoms with E-state index in [1.807, 2.05) is 86.6 Å². The van der Waals surface area contributed by atoms with E-state index in [4.69, 9.17) is 0 Å². The van der Waals surface area contributed by atoms with E-state index in [1.165, 1.54) is 22.2 Å². The van der Waals surface area contributed by atoms with Crippen LogP contribution in [0.5, 0.6) is 0 Å². The van der Waals surface area contributed by atoms with Crippen LogP contribution < -0.4 is 4.90 Å². The van der Waals surface area contributed by atoms with E-state index in [-0.39, 0.29) is 11.8 Å². The Labute approximate surface area is 194 Å². The zero-order chi connectivity index (χ0) is 22.7. The Morgan fingerprint density at radius 2 is 1.53 bits per heavy atom. The fourth-order valence-electron chi connectivity index (χ4n) is 3.79. The van der Waals surface area contributed by atoms with Crippen LogP contribution in [0.25, 0.3) is 5.57 Å². The molecular formula is C28H27NO2S. The van der Waals surface area contributed by atoms with E-state index in [0.29, 0.717) is 16.2 Å². The monoisotopic (exact) mass is 441 g/mol. The van der Waals surface area contributed by atoms with Gasteiger partial charge in [0.2, 0.25) is 0 Å². The molecule has 0 aliphatic carbocycles. The molecule has 0 radical (unpaired) electrons. The molecule has 3 aromatic rings. The van der Waals surface area contributed by atoms with Crippen molar-refractivity contribution in [2.24, 2.45) is 0 Å². The van der Waals surface area contributed by atoms with Crippen molar-refractivity contribution < 1.29 is 9.59 Å². The minimum Gasteiger partial charge on any atom is -0.268 e. The summed E-state index contributed by atoms with van der Waals surface area (Å²) in [5.74, 6) is -0.531. The molecular weight excluding hydrogens is 414 g/mol. The molecule has 0 spiro atoms. The van der Waals surface area contributed by atoms with Crippen LogP contribution in [0.4, 0.5) is 5.69 Å². The van der Waals surface area contributed by atoms with Crippen molar-refractivity contribution in [2.45, 2.75) is 44.9 Å². The van der Waals surface area contributed by atoms with Crippen LogP contribution in [0, 0.1) is 13.8 Å². The van der Waals surface area contributed by atoms with Crippen molar-refractivity contribution in [3.8, 4) is 0 Å². The topological polar surface area (TPSA) is 37.4 Å². The molecule has 0 N–H and O–H groups in total. The number of carbonyl (C=O) groups is 2. The lowest BCUT2D eigenvalue weighted by Crippen LogP contribution is -2.31. The number of nitrogens with zero attached hydrogens (tertiary/aromatic N) is 1. The number of amides is 2. The normalized spacial score (nSPS) is 13.9. The summed E-state index contributed by atoms with van der Waals surface area (Å²) in [5.41, 5.74) is 5.34. The second kappa shape index (κ2) is 9.58. The summed E-state index contributed by atoms with van der Waals surface area (Å²) in [6.45, 7) is 6.24. The number of unbranched alkanes of at least 4 members (excludes halogenated alkanes) is 1. The molecule has 3 aromatic carbocycles. The number of hydrogen-bond donors (Lipinski definition) is 0. The van der Waals surface area contributed by atoms with Gasteiger partial charge in [-0.15, -0.1) is 0 Å². The van der Waals surface area contributed by atoms with Gasteiger partial charge in [0.1, 0.15) is 0 Å². The van der Waals surface area contributed by atoms with Gasteiger partial charge in [0, 0.05) is 4.90 Å². The van der Waals surface area contributed by atoms with E-state index >= 15 is 0 Å². The molecule has 1 heterocycles. The number of benzene rings is 3. The molecule has 3 nitrogen and oxygen atoms in total. The fourth-order valence-corrected chi connectivity index (χ4v) is 4.80. The minimum absolute atomic E-state index is 0.265. The summed E-state index contributed by atoms with van der Waals surface area (Å²) in [7, 11) is 0. The van der Waals surface area contributed by atoms with Crippen molar-refractivity contribution >= 4 is 34.8 Å². The summed E-state index contributed by atoms with van der Waals surface area (Å²) in [5, 5.41) is 0. The Balaban J connectivity index is 1.74. The van der Waals surface area contributed by atoms with Crippen LogP contribution in [0.2, 0.25) is 0 Å². The van der Waals surface area contributed by atoms with Crippen LogP contribution in [-0.2, 0) is 16.0 Å². The number of hydrogen-bond acceptors (Lipinski definition) is 3. The Kier molecular flexibility index (Phi) is 6.61. The Morgan fingerprint density at radius 1 is 0.812 bits per heavy atom. The molecule has 0 bridgehead atoms. The van der Waals surface area contributed by atoms with Crippen molar-refractivity contribution in [1.82, 2.24) is 0 Å². The first-order chi connectivity index (χ1) is 15.5. The fraction of sp³-hybridized carbons (Fsp3) is 0.214. The summed E-state index contributed by atoms with van der Waals surface area (Å²) in [6.07, 6.45) is 3.26. The molecule has 32 heavy (non-hydrogen) atoms. The molecule has 1 aliphatic heterocycles.